The van der Waals surface area contributed by atoms with Crippen molar-refractivity contribution in [1.82, 2.24) is 0 Å². The molecule has 6 nitrogen and oxygen atoms in total. The third-order valence-corrected chi connectivity index (χ3v) is 2.82. The average Bonchev–Trinajstić information content (AvgIpc) is 2.52. The van der Waals surface area contributed by atoms with E-state index < -0.39 is 10.5 Å². The van der Waals surface area contributed by atoms with E-state index in [1.165, 1.54) is 10.8 Å². The molecule has 1 aromatic carbocycles. The average molecular weight is 247 g/mol. The van der Waals surface area contributed by atoms with Gasteiger partial charge in [0.2, 0.25) is 6.21 Å². The zero-order valence-electron chi connectivity index (χ0n) is 10.2. The maximum atomic E-state index is 11.3. The van der Waals surface area contributed by atoms with Crippen molar-refractivity contribution in [2.75, 3.05) is 0 Å². The zero-order chi connectivity index (χ0) is 13.3. The molecule has 0 unspecified atom stereocenters. The number of hydrazone groups is 1. The molecule has 0 aromatic heterocycles. The maximum Gasteiger partial charge on any atom is 0.282 e. The highest BCUT2D eigenvalue weighted by Crippen LogP contribution is 2.22. The lowest BCUT2D eigenvalue weighted by molar-refractivity contribution is -0.591. The minimum atomic E-state index is -0.448. The molecule has 2 rings (SSSR count). The van der Waals surface area contributed by atoms with Gasteiger partial charge in [0.1, 0.15) is 5.56 Å². The van der Waals surface area contributed by atoms with Crippen LogP contribution in [-0.4, -0.2) is 27.3 Å². The molecule has 18 heavy (non-hydrogen) atoms. The third kappa shape index (κ3) is 2.22. The number of nitro benzene ring substituents is 1. The molecule has 0 N–H and O–H groups in total. The van der Waals surface area contributed by atoms with Crippen molar-refractivity contribution >= 4 is 17.8 Å². The Bertz CT molecular complexity index is 561. The van der Waals surface area contributed by atoms with E-state index in [-0.39, 0.29) is 11.6 Å². The Balaban J connectivity index is 2.49. The maximum absolute atomic E-state index is 11.3. The summed E-state index contributed by atoms with van der Waals surface area (Å²) in [5.74, 6) is -0.213. The van der Waals surface area contributed by atoms with Crippen LogP contribution in [0.1, 0.15) is 25.8 Å². The van der Waals surface area contributed by atoms with Crippen LogP contribution >= 0.6 is 0 Å². The Labute approximate surface area is 104 Å². The smallest absolute Gasteiger partial charge is 0.282 e. The van der Waals surface area contributed by atoms with Crippen molar-refractivity contribution < 1.29 is 14.7 Å². The SMILES string of the molecule is CC1(C)CC([O-])=N/[N+]1=C/c1ccccc1[N+](=O)[O-]. The molecule has 0 atom stereocenters. The quantitative estimate of drug-likeness (QED) is 0.442. The summed E-state index contributed by atoms with van der Waals surface area (Å²) in [6.07, 6.45) is 1.85. The molecular formula is C12H13N3O3. The van der Waals surface area contributed by atoms with Gasteiger partial charge < -0.3 is 5.11 Å². The minimum Gasteiger partial charge on any atom is -0.857 e. The van der Waals surface area contributed by atoms with Crippen LogP contribution in [0, 0.1) is 10.1 Å². The van der Waals surface area contributed by atoms with E-state index in [2.05, 4.69) is 5.10 Å². The van der Waals surface area contributed by atoms with Gasteiger partial charge in [0.15, 0.2) is 5.54 Å². The molecule has 0 saturated heterocycles. The summed E-state index contributed by atoms with van der Waals surface area (Å²) in [5.41, 5.74) is -0.00211. The number of para-hydroxylation sites is 1. The summed E-state index contributed by atoms with van der Waals surface area (Å²) >= 11 is 0. The van der Waals surface area contributed by atoms with Gasteiger partial charge in [-0.15, -0.1) is 0 Å². The van der Waals surface area contributed by atoms with Crippen molar-refractivity contribution in [3.05, 3.63) is 39.9 Å². The van der Waals surface area contributed by atoms with E-state index in [1.807, 2.05) is 13.8 Å². The van der Waals surface area contributed by atoms with Crippen LogP contribution in [0.15, 0.2) is 29.4 Å². The molecule has 0 bridgehead atoms. The van der Waals surface area contributed by atoms with Gasteiger partial charge in [0, 0.05) is 32.2 Å². The van der Waals surface area contributed by atoms with Gasteiger partial charge in [-0.25, -0.2) is 0 Å². The topological polar surface area (TPSA) is 81.6 Å². The number of nitro groups is 1. The van der Waals surface area contributed by atoms with Crippen LogP contribution in [0.5, 0.6) is 0 Å². The molecule has 6 heteroatoms. The van der Waals surface area contributed by atoms with Gasteiger partial charge in [-0.1, -0.05) is 16.8 Å². The van der Waals surface area contributed by atoms with Crippen LogP contribution < -0.4 is 5.11 Å². The lowest BCUT2D eigenvalue weighted by atomic mass is 10.0. The summed E-state index contributed by atoms with van der Waals surface area (Å²) in [4.78, 5) is 10.4. The Morgan fingerprint density at radius 2 is 2.11 bits per heavy atom. The van der Waals surface area contributed by atoms with Crippen LogP contribution in [0.4, 0.5) is 5.69 Å². The summed E-state index contributed by atoms with van der Waals surface area (Å²) in [7, 11) is 0. The van der Waals surface area contributed by atoms with E-state index >= 15 is 0 Å². The molecule has 94 valence electrons. The lowest BCUT2D eigenvalue weighted by Gasteiger charge is -2.11. The van der Waals surface area contributed by atoms with Gasteiger partial charge in [-0.2, -0.15) is 0 Å². The second-order valence-corrected chi connectivity index (χ2v) is 4.77. The lowest BCUT2D eigenvalue weighted by Crippen LogP contribution is -2.31. The normalized spacial score (nSPS) is 19.9. The molecule has 0 radical (unpaired) electrons. The Kier molecular flexibility index (Phi) is 2.86. The summed E-state index contributed by atoms with van der Waals surface area (Å²) in [6.45, 7) is 3.74. The first kappa shape index (κ1) is 12.2. The molecule has 0 aliphatic carbocycles. The fourth-order valence-electron chi connectivity index (χ4n) is 1.84. The molecular weight excluding hydrogens is 234 g/mol. The molecule has 1 aliphatic heterocycles. The molecule has 0 amide bonds. The Hall–Kier alpha value is -2.24. The van der Waals surface area contributed by atoms with Gasteiger partial charge in [-0.05, 0) is 11.2 Å². The van der Waals surface area contributed by atoms with Crippen LogP contribution in [0.2, 0.25) is 0 Å². The van der Waals surface area contributed by atoms with Crippen molar-refractivity contribution in [2.24, 2.45) is 5.10 Å². The minimum absolute atomic E-state index is 0.00264. The Morgan fingerprint density at radius 3 is 2.67 bits per heavy atom. The van der Waals surface area contributed by atoms with Gasteiger partial charge >= 0.3 is 0 Å². The van der Waals surface area contributed by atoms with E-state index in [4.69, 9.17) is 0 Å². The predicted molar refractivity (Wildman–Crippen MR) is 64.7 cm³/mol. The third-order valence-electron chi connectivity index (χ3n) is 2.82. The molecule has 0 spiro atoms. The van der Waals surface area contributed by atoms with E-state index in [0.29, 0.717) is 12.0 Å². The number of hydrogen-bond acceptors (Lipinski definition) is 4. The van der Waals surface area contributed by atoms with Gasteiger partial charge in [0.25, 0.3) is 5.69 Å². The van der Waals surface area contributed by atoms with Crippen LogP contribution in [-0.2, 0) is 0 Å². The van der Waals surface area contributed by atoms with Crippen molar-refractivity contribution in [3.63, 3.8) is 0 Å². The fraction of sp³-hybridized carbons (Fsp3) is 0.333. The molecule has 1 aromatic rings. The number of rotatable bonds is 2. The van der Waals surface area contributed by atoms with Crippen LogP contribution in [0.3, 0.4) is 0 Å². The monoisotopic (exact) mass is 247 g/mol. The van der Waals surface area contributed by atoms with Crippen molar-refractivity contribution in [2.45, 2.75) is 25.8 Å². The number of nitrogens with zero attached hydrogens (tertiary/aromatic N) is 3. The molecule has 0 saturated carbocycles. The molecule has 1 heterocycles. The van der Waals surface area contributed by atoms with E-state index in [1.54, 1.807) is 24.4 Å². The van der Waals surface area contributed by atoms with Crippen LogP contribution in [0.25, 0.3) is 0 Å². The fourth-order valence-corrected chi connectivity index (χ4v) is 1.84. The standard InChI is InChI=1S/C12H13N3O3/c1-12(2)7-11(16)13-14(12)8-9-5-3-4-6-10(9)15(17)18/h3-6,8H,7H2,1-2H3/b14-8+. The highest BCUT2D eigenvalue weighted by Gasteiger charge is 2.37. The summed E-state index contributed by atoms with van der Waals surface area (Å²) in [5, 5.41) is 26.1. The first-order valence-electron chi connectivity index (χ1n) is 5.52. The highest BCUT2D eigenvalue weighted by molar-refractivity contribution is 5.83. The first-order valence-corrected chi connectivity index (χ1v) is 5.52. The summed E-state index contributed by atoms with van der Waals surface area (Å²) in [6, 6.07) is 6.37. The van der Waals surface area contributed by atoms with Crippen molar-refractivity contribution in [3.8, 4) is 0 Å². The summed E-state index contributed by atoms with van der Waals surface area (Å²) < 4.78 is 1.50. The molecule has 0 fully saturated rings. The second kappa shape index (κ2) is 4.21. The predicted octanol–water partition coefficient (Wildman–Crippen LogP) is 0.882. The first-order chi connectivity index (χ1) is 8.40. The van der Waals surface area contributed by atoms with Gasteiger partial charge in [0.05, 0.1) is 4.92 Å². The van der Waals surface area contributed by atoms with E-state index in [0.717, 1.165) is 0 Å². The second-order valence-electron chi connectivity index (χ2n) is 4.77. The van der Waals surface area contributed by atoms with Gasteiger partial charge in [-0.3, -0.25) is 10.1 Å². The zero-order valence-corrected chi connectivity index (χ0v) is 10.2. The largest absolute Gasteiger partial charge is 0.857 e. The Morgan fingerprint density at radius 1 is 1.44 bits per heavy atom. The molecule has 1 aliphatic rings. The number of benzene rings is 1. The number of hydrogen-bond donors (Lipinski definition) is 0. The highest BCUT2D eigenvalue weighted by atomic mass is 16.6. The van der Waals surface area contributed by atoms with Crippen molar-refractivity contribution in [1.29, 1.82) is 0 Å². The van der Waals surface area contributed by atoms with E-state index in [9.17, 15) is 15.2 Å².